The quantitative estimate of drug-likeness (QED) is 0.157. The maximum atomic E-state index is 6.32. The van der Waals surface area contributed by atoms with E-state index in [1.807, 2.05) is 12.1 Å². The van der Waals surface area contributed by atoms with Crippen LogP contribution in [0.25, 0.3) is 50.6 Å². The van der Waals surface area contributed by atoms with Gasteiger partial charge in [-0.3, -0.25) is 0 Å². The molecule has 0 bridgehead atoms. The second kappa shape index (κ2) is 14.7. The first-order chi connectivity index (χ1) is 29.0. The lowest BCUT2D eigenvalue weighted by Gasteiger charge is -2.43. The Balaban J connectivity index is 1.12. The van der Waals surface area contributed by atoms with E-state index in [1.54, 1.807) is 0 Å². The minimum Gasteiger partial charge on any atom is -0.399 e. The van der Waals surface area contributed by atoms with Crippen molar-refractivity contribution in [3.63, 3.8) is 0 Å². The number of allylic oxidation sites excluding steroid dienone is 4. The van der Waals surface area contributed by atoms with Gasteiger partial charge >= 0.3 is 0 Å². The van der Waals surface area contributed by atoms with E-state index in [0.717, 1.165) is 62.7 Å². The van der Waals surface area contributed by atoms with Crippen molar-refractivity contribution < 1.29 is 0 Å². The molecule has 2 aliphatic rings. The van der Waals surface area contributed by atoms with Crippen LogP contribution in [0.4, 0.5) is 5.69 Å². The standard InChI is InChI=1S/C56H45N3/c1-3-48-52(39-17-8-4-9-18-39)58-54(59-53(48)40-19-10-5-11-20-40)41-29-27-38(28-30-41)44-33-34-55(2)49-32-31-43(42-21-16-26-47(57)35-42)36-50(49)56(51(55)37-44,45-22-12-6-13-23-45)46-24-14-7-15-25-46/h4-37,51H,3,57H2,1-2H3. The third kappa shape index (κ3) is 6.04. The molecule has 1 heterocycles. The van der Waals surface area contributed by atoms with Crippen LogP contribution >= 0.6 is 0 Å². The highest BCUT2D eigenvalue weighted by molar-refractivity contribution is 5.82. The molecule has 10 rings (SSSR count). The van der Waals surface area contributed by atoms with Crippen LogP contribution in [-0.4, -0.2) is 9.97 Å². The smallest absolute Gasteiger partial charge is 0.160 e. The summed E-state index contributed by atoms with van der Waals surface area (Å²) in [5.74, 6) is 0.805. The number of rotatable bonds is 8. The molecule has 7 aromatic carbocycles. The topological polar surface area (TPSA) is 51.8 Å². The van der Waals surface area contributed by atoms with Gasteiger partial charge in [-0.1, -0.05) is 202 Å². The van der Waals surface area contributed by atoms with Crippen LogP contribution in [0, 0.1) is 5.92 Å². The Hall–Kier alpha value is -7.10. The first-order valence-electron chi connectivity index (χ1n) is 20.6. The molecule has 0 radical (unpaired) electrons. The maximum Gasteiger partial charge on any atom is 0.160 e. The zero-order valence-electron chi connectivity index (χ0n) is 33.4. The Morgan fingerprint density at radius 1 is 0.508 bits per heavy atom. The molecule has 0 aliphatic heterocycles. The fourth-order valence-electron chi connectivity index (χ4n) is 9.87. The van der Waals surface area contributed by atoms with Gasteiger partial charge in [0.05, 0.1) is 16.8 Å². The lowest BCUT2D eigenvalue weighted by Crippen LogP contribution is -2.40. The van der Waals surface area contributed by atoms with E-state index in [4.69, 9.17) is 15.7 Å². The zero-order valence-corrected chi connectivity index (χ0v) is 33.4. The lowest BCUT2D eigenvalue weighted by atomic mass is 9.59. The van der Waals surface area contributed by atoms with Gasteiger partial charge in [0.25, 0.3) is 0 Å². The summed E-state index contributed by atoms with van der Waals surface area (Å²) in [4.78, 5) is 10.5. The third-order valence-electron chi connectivity index (χ3n) is 12.7. The molecule has 0 saturated carbocycles. The van der Waals surface area contributed by atoms with Crippen LogP contribution in [0.5, 0.6) is 0 Å². The van der Waals surface area contributed by atoms with E-state index in [9.17, 15) is 0 Å². The molecule has 2 unspecified atom stereocenters. The molecule has 8 aromatic rings. The molecule has 284 valence electrons. The normalized spacial score (nSPS) is 17.5. The van der Waals surface area contributed by atoms with Gasteiger partial charge in [0.2, 0.25) is 0 Å². The Kier molecular flexibility index (Phi) is 9.02. The number of aromatic nitrogens is 2. The molecular formula is C56H45N3. The Morgan fingerprint density at radius 3 is 1.58 bits per heavy atom. The summed E-state index contributed by atoms with van der Waals surface area (Å²) in [5.41, 5.74) is 22.5. The number of anilines is 1. The predicted octanol–water partition coefficient (Wildman–Crippen LogP) is 13.2. The van der Waals surface area contributed by atoms with Crippen LogP contribution in [0.1, 0.15) is 47.2 Å². The summed E-state index contributed by atoms with van der Waals surface area (Å²) >= 11 is 0. The van der Waals surface area contributed by atoms with Gasteiger partial charge < -0.3 is 5.73 Å². The molecule has 1 aromatic heterocycles. The molecule has 0 saturated heterocycles. The fraction of sp³-hybridized carbons (Fsp3) is 0.107. The first kappa shape index (κ1) is 36.3. The third-order valence-corrected chi connectivity index (χ3v) is 12.7. The highest BCUT2D eigenvalue weighted by atomic mass is 14.9. The van der Waals surface area contributed by atoms with Gasteiger partial charge in [0.1, 0.15) is 0 Å². The summed E-state index contributed by atoms with van der Waals surface area (Å²) < 4.78 is 0. The molecule has 2 aliphatic carbocycles. The largest absolute Gasteiger partial charge is 0.399 e. The van der Waals surface area contributed by atoms with Crippen molar-refractivity contribution in [2.45, 2.75) is 31.1 Å². The van der Waals surface area contributed by atoms with Crippen molar-refractivity contribution in [3.8, 4) is 45.0 Å². The van der Waals surface area contributed by atoms with E-state index in [1.165, 1.54) is 33.4 Å². The summed E-state index contributed by atoms with van der Waals surface area (Å²) in [6.45, 7) is 4.61. The van der Waals surface area contributed by atoms with Gasteiger partial charge in [-0.25, -0.2) is 9.97 Å². The van der Waals surface area contributed by atoms with Crippen molar-refractivity contribution in [1.82, 2.24) is 9.97 Å². The zero-order chi connectivity index (χ0) is 40.0. The summed E-state index contributed by atoms with van der Waals surface area (Å²) in [5, 5.41) is 0. The van der Waals surface area contributed by atoms with Crippen molar-refractivity contribution in [1.29, 1.82) is 0 Å². The number of hydrogen-bond acceptors (Lipinski definition) is 3. The first-order valence-corrected chi connectivity index (χ1v) is 20.6. The van der Waals surface area contributed by atoms with E-state index in [2.05, 4.69) is 208 Å². The molecule has 0 fully saturated rings. The minimum absolute atomic E-state index is 0.0809. The highest BCUT2D eigenvalue weighted by Gasteiger charge is 2.58. The molecule has 0 spiro atoms. The van der Waals surface area contributed by atoms with E-state index in [0.29, 0.717) is 0 Å². The van der Waals surface area contributed by atoms with Crippen LogP contribution < -0.4 is 5.73 Å². The predicted molar refractivity (Wildman–Crippen MR) is 245 cm³/mol. The van der Waals surface area contributed by atoms with E-state index >= 15 is 0 Å². The molecule has 0 amide bonds. The Labute approximate surface area is 347 Å². The number of nitrogens with zero attached hydrogens (tertiary/aromatic N) is 2. The average molecular weight is 760 g/mol. The number of fused-ring (bicyclic) bond motifs is 3. The van der Waals surface area contributed by atoms with Gasteiger partial charge in [-0.2, -0.15) is 0 Å². The van der Waals surface area contributed by atoms with Crippen LogP contribution in [0.2, 0.25) is 0 Å². The second-order valence-corrected chi connectivity index (χ2v) is 16.0. The van der Waals surface area contributed by atoms with Crippen LogP contribution in [0.3, 0.4) is 0 Å². The average Bonchev–Trinajstić information content (AvgIpc) is 3.54. The minimum atomic E-state index is -0.463. The van der Waals surface area contributed by atoms with Gasteiger partial charge in [-0.15, -0.1) is 0 Å². The number of benzene rings is 7. The summed E-state index contributed by atoms with van der Waals surface area (Å²) in [6, 6.07) is 67.4. The summed E-state index contributed by atoms with van der Waals surface area (Å²) in [7, 11) is 0. The molecule has 3 heteroatoms. The second-order valence-electron chi connectivity index (χ2n) is 16.0. The van der Waals surface area contributed by atoms with Gasteiger partial charge in [-0.05, 0) is 69.1 Å². The molecule has 2 atom stereocenters. The summed E-state index contributed by atoms with van der Waals surface area (Å²) in [6.07, 6.45) is 8.16. The monoisotopic (exact) mass is 759 g/mol. The Bertz CT molecular complexity index is 2760. The van der Waals surface area contributed by atoms with Gasteiger partial charge in [0.15, 0.2) is 5.82 Å². The molecule has 59 heavy (non-hydrogen) atoms. The molecule has 2 N–H and O–H groups in total. The number of nitrogens with two attached hydrogens (primary N) is 1. The lowest BCUT2D eigenvalue weighted by molar-refractivity contribution is 0.368. The highest BCUT2D eigenvalue weighted by Crippen LogP contribution is 2.63. The molecule has 3 nitrogen and oxygen atoms in total. The van der Waals surface area contributed by atoms with Gasteiger partial charge in [0, 0.05) is 39.3 Å². The molecular weight excluding hydrogens is 715 g/mol. The fourth-order valence-corrected chi connectivity index (χ4v) is 9.87. The van der Waals surface area contributed by atoms with Crippen LogP contribution in [0.15, 0.2) is 206 Å². The van der Waals surface area contributed by atoms with Crippen molar-refractivity contribution in [2.75, 3.05) is 5.73 Å². The maximum absolute atomic E-state index is 6.32. The SMILES string of the molecule is CCc1c(-c2ccccc2)nc(-c2ccc(C3=CC4C(C)(C=C3)c3ccc(-c5cccc(N)c5)cc3C4(c3ccccc3)c3ccccc3)cc2)nc1-c1ccccc1. The van der Waals surface area contributed by atoms with Crippen LogP contribution in [-0.2, 0) is 17.3 Å². The van der Waals surface area contributed by atoms with Crippen molar-refractivity contribution >= 4 is 11.3 Å². The Morgan fingerprint density at radius 2 is 1.02 bits per heavy atom. The van der Waals surface area contributed by atoms with Crippen molar-refractivity contribution in [2.24, 2.45) is 5.92 Å². The number of hydrogen-bond donors (Lipinski definition) is 1. The van der Waals surface area contributed by atoms with E-state index in [-0.39, 0.29) is 11.3 Å². The number of nitrogen functional groups attached to an aromatic ring is 1. The van der Waals surface area contributed by atoms with Crippen molar-refractivity contribution in [3.05, 3.63) is 240 Å². The van der Waals surface area contributed by atoms with E-state index < -0.39 is 5.41 Å².